The zero-order chi connectivity index (χ0) is 23.8. The van der Waals surface area contributed by atoms with E-state index >= 15 is 0 Å². The van der Waals surface area contributed by atoms with Crippen LogP contribution in [0.1, 0.15) is 5.56 Å². The number of fused-ring (bicyclic) bond motifs is 1. The summed E-state index contributed by atoms with van der Waals surface area (Å²) in [5.74, 6) is 0.750. The van der Waals surface area contributed by atoms with Crippen LogP contribution >= 0.6 is 0 Å². The van der Waals surface area contributed by atoms with Crippen LogP contribution in [0.2, 0.25) is 0 Å². The van der Waals surface area contributed by atoms with Gasteiger partial charge in [0, 0.05) is 43.6 Å². The van der Waals surface area contributed by atoms with E-state index in [4.69, 9.17) is 9.97 Å². The van der Waals surface area contributed by atoms with Gasteiger partial charge in [0.05, 0.1) is 11.1 Å². The Hall–Kier alpha value is -4.19. The predicted octanol–water partition coefficient (Wildman–Crippen LogP) is 5.86. The number of piperazine rings is 1. The Morgan fingerprint density at radius 1 is 0.743 bits per heavy atom. The molecule has 5 aromatic rings. The lowest BCUT2D eigenvalue weighted by atomic mass is 10.1. The fourth-order valence-electron chi connectivity index (χ4n) is 4.89. The first-order valence-electron chi connectivity index (χ1n) is 11.9. The van der Waals surface area contributed by atoms with Crippen molar-refractivity contribution < 1.29 is 4.39 Å². The lowest BCUT2D eigenvalue weighted by Crippen LogP contribution is -2.47. The molecule has 1 aliphatic rings. The van der Waals surface area contributed by atoms with Crippen LogP contribution in [0.4, 0.5) is 15.9 Å². The van der Waals surface area contributed by atoms with Crippen LogP contribution in [0.25, 0.3) is 27.8 Å². The lowest BCUT2D eigenvalue weighted by molar-refractivity contribution is 0.596. The molecule has 3 heterocycles. The van der Waals surface area contributed by atoms with Gasteiger partial charge in [-0.05, 0) is 36.8 Å². The van der Waals surface area contributed by atoms with Gasteiger partial charge in [-0.3, -0.25) is 0 Å². The molecule has 3 aromatic carbocycles. The SMILES string of the molecule is Cc1ccc(-n2cc(-c3ccccc3)c3c(N4CCN(c5ccccc5F)CC4)ncnc32)cc1. The van der Waals surface area contributed by atoms with E-state index in [-0.39, 0.29) is 5.82 Å². The van der Waals surface area contributed by atoms with Gasteiger partial charge in [0.15, 0.2) is 5.65 Å². The number of rotatable bonds is 4. The molecule has 0 unspecified atom stereocenters. The molecule has 0 spiro atoms. The van der Waals surface area contributed by atoms with Crippen molar-refractivity contribution in [2.45, 2.75) is 6.92 Å². The van der Waals surface area contributed by atoms with Gasteiger partial charge in [-0.15, -0.1) is 0 Å². The van der Waals surface area contributed by atoms with Crippen LogP contribution in [0.3, 0.4) is 0 Å². The molecule has 6 heteroatoms. The molecule has 0 amide bonds. The molecule has 6 rings (SSSR count). The Labute approximate surface area is 204 Å². The molecule has 35 heavy (non-hydrogen) atoms. The quantitative estimate of drug-likeness (QED) is 0.335. The van der Waals surface area contributed by atoms with Gasteiger partial charge in [-0.2, -0.15) is 0 Å². The summed E-state index contributed by atoms with van der Waals surface area (Å²) in [7, 11) is 0. The maximum absolute atomic E-state index is 14.4. The highest BCUT2D eigenvalue weighted by Gasteiger charge is 2.25. The summed E-state index contributed by atoms with van der Waals surface area (Å²) in [6.45, 7) is 5.06. The van der Waals surface area contributed by atoms with Gasteiger partial charge in [0.2, 0.25) is 0 Å². The van der Waals surface area contributed by atoms with Gasteiger partial charge in [0.25, 0.3) is 0 Å². The Kier molecular flexibility index (Phi) is 5.41. The first-order chi connectivity index (χ1) is 17.2. The fraction of sp³-hybridized carbons (Fsp3) is 0.172. The van der Waals surface area contributed by atoms with Crippen molar-refractivity contribution in [3.8, 4) is 16.8 Å². The average Bonchev–Trinajstić information content (AvgIpc) is 3.30. The first-order valence-corrected chi connectivity index (χ1v) is 11.9. The summed E-state index contributed by atoms with van der Waals surface area (Å²) in [4.78, 5) is 13.9. The van der Waals surface area contributed by atoms with E-state index in [0.29, 0.717) is 5.69 Å². The Bertz CT molecular complexity index is 1470. The molecule has 0 bridgehead atoms. The number of hydrogen-bond acceptors (Lipinski definition) is 4. The number of aryl methyl sites for hydroxylation is 1. The van der Waals surface area contributed by atoms with Gasteiger partial charge in [0.1, 0.15) is 18.0 Å². The number of para-hydroxylation sites is 1. The van der Waals surface area contributed by atoms with Crippen molar-refractivity contribution >= 4 is 22.5 Å². The zero-order valence-electron chi connectivity index (χ0n) is 19.6. The molecular formula is C29H26FN5. The minimum Gasteiger partial charge on any atom is -0.366 e. The first kappa shape index (κ1) is 21.4. The van der Waals surface area contributed by atoms with Crippen LogP contribution in [0.5, 0.6) is 0 Å². The molecule has 0 saturated carbocycles. The van der Waals surface area contributed by atoms with Gasteiger partial charge in [-0.1, -0.05) is 60.2 Å². The van der Waals surface area contributed by atoms with Crippen molar-refractivity contribution in [3.05, 3.63) is 103 Å². The number of hydrogen-bond donors (Lipinski definition) is 0. The maximum atomic E-state index is 14.4. The van der Waals surface area contributed by atoms with Crippen molar-refractivity contribution in [1.82, 2.24) is 14.5 Å². The third kappa shape index (κ3) is 3.91. The second kappa shape index (κ2) is 8.87. The normalized spacial score (nSPS) is 14.0. The molecule has 2 aromatic heterocycles. The van der Waals surface area contributed by atoms with Crippen LogP contribution in [0.15, 0.2) is 91.4 Å². The van der Waals surface area contributed by atoms with E-state index in [0.717, 1.165) is 59.8 Å². The van der Waals surface area contributed by atoms with Crippen LogP contribution in [0, 0.1) is 12.7 Å². The fourth-order valence-corrected chi connectivity index (χ4v) is 4.89. The van der Waals surface area contributed by atoms with Crippen molar-refractivity contribution in [2.75, 3.05) is 36.0 Å². The van der Waals surface area contributed by atoms with Crippen molar-refractivity contribution in [2.24, 2.45) is 0 Å². The highest BCUT2D eigenvalue weighted by atomic mass is 19.1. The smallest absolute Gasteiger partial charge is 0.150 e. The molecule has 1 aliphatic heterocycles. The monoisotopic (exact) mass is 463 g/mol. The number of nitrogens with zero attached hydrogens (tertiary/aromatic N) is 5. The predicted molar refractivity (Wildman–Crippen MR) is 140 cm³/mol. The summed E-state index contributed by atoms with van der Waals surface area (Å²) < 4.78 is 16.5. The molecule has 0 N–H and O–H groups in total. The van der Waals surface area contributed by atoms with Crippen LogP contribution < -0.4 is 9.80 Å². The van der Waals surface area contributed by atoms with Gasteiger partial charge < -0.3 is 14.4 Å². The molecule has 1 fully saturated rings. The molecule has 0 aliphatic carbocycles. The molecule has 0 atom stereocenters. The summed E-state index contributed by atoms with van der Waals surface area (Å²) in [6, 6.07) is 25.9. The Balaban J connectivity index is 1.43. The van der Waals surface area contributed by atoms with Crippen molar-refractivity contribution in [3.63, 3.8) is 0 Å². The lowest BCUT2D eigenvalue weighted by Gasteiger charge is -2.37. The van der Waals surface area contributed by atoms with E-state index in [1.165, 1.54) is 11.6 Å². The molecule has 1 saturated heterocycles. The molecular weight excluding hydrogens is 437 g/mol. The zero-order valence-corrected chi connectivity index (χ0v) is 19.6. The van der Waals surface area contributed by atoms with E-state index in [1.54, 1.807) is 12.4 Å². The van der Waals surface area contributed by atoms with Crippen LogP contribution in [-0.2, 0) is 0 Å². The van der Waals surface area contributed by atoms with E-state index < -0.39 is 0 Å². The number of anilines is 2. The third-order valence-electron chi connectivity index (χ3n) is 6.73. The maximum Gasteiger partial charge on any atom is 0.150 e. The molecule has 174 valence electrons. The number of benzene rings is 3. The Morgan fingerprint density at radius 3 is 2.17 bits per heavy atom. The summed E-state index contributed by atoms with van der Waals surface area (Å²) in [5.41, 5.74) is 6.07. The van der Waals surface area contributed by atoms with E-state index in [1.807, 2.05) is 18.2 Å². The minimum atomic E-state index is -0.174. The highest BCUT2D eigenvalue weighted by Crippen LogP contribution is 2.37. The third-order valence-corrected chi connectivity index (χ3v) is 6.73. The highest BCUT2D eigenvalue weighted by molar-refractivity contribution is 6.02. The second-order valence-corrected chi connectivity index (χ2v) is 8.94. The second-order valence-electron chi connectivity index (χ2n) is 8.94. The van der Waals surface area contributed by atoms with Gasteiger partial charge >= 0.3 is 0 Å². The number of halogens is 1. The number of aromatic nitrogens is 3. The van der Waals surface area contributed by atoms with Gasteiger partial charge in [-0.25, -0.2) is 14.4 Å². The largest absolute Gasteiger partial charge is 0.366 e. The Morgan fingerprint density at radius 2 is 1.43 bits per heavy atom. The minimum absolute atomic E-state index is 0.174. The van der Waals surface area contributed by atoms with Crippen molar-refractivity contribution in [1.29, 1.82) is 0 Å². The van der Waals surface area contributed by atoms with E-state index in [2.05, 4.69) is 76.0 Å². The van der Waals surface area contributed by atoms with E-state index in [9.17, 15) is 4.39 Å². The average molecular weight is 464 g/mol. The standard InChI is InChI=1S/C29H26FN5/c1-21-11-13-23(14-12-21)35-19-24(22-7-3-2-4-8-22)27-28(31-20-32-29(27)35)34-17-15-33(16-18-34)26-10-6-5-9-25(26)30/h2-14,19-20H,15-18H2,1H3. The topological polar surface area (TPSA) is 37.2 Å². The molecule has 0 radical (unpaired) electrons. The molecule has 5 nitrogen and oxygen atoms in total. The summed E-state index contributed by atoms with van der Waals surface area (Å²) in [5, 5.41) is 1.04. The summed E-state index contributed by atoms with van der Waals surface area (Å²) >= 11 is 0. The van der Waals surface area contributed by atoms with Crippen LogP contribution in [-0.4, -0.2) is 40.7 Å². The summed E-state index contributed by atoms with van der Waals surface area (Å²) in [6.07, 6.45) is 3.82.